The van der Waals surface area contributed by atoms with Crippen LogP contribution in [0.3, 0.4) is 0 Å². The van der Waals surface area contributed by atoms with Crippen LogP contribution in [0.2, 0.25) is 0 Å². The summed E-state index contributed by atoms with van der Waals surface area (Å²) in [4.78, 5) is 30.4. The lowest BCUT2D eigenvalue weighted by molar-refractivity contribution is -0.135. The lowest BCUT2D eigenvalue weighted by atomic mass is 10.0. The lowest BCUT2D eigenvalue weighted by Gasteiger charge is -2.06. The molecule has 0 spiro atoms. The number of aromatic nitrogens is 2. The predicted molar refractivity (Wildman–Crippen MR) is 95.6 cm³/mol. The van der Waals surface area contributed by atoms with Gasteiger partial charge in [-0.05, 0) is 24.6 Å². The van der Waals surface area contributed by atoms with E-state index in [1.165, 1.54) is 11.9 Å². The minimum Gasteiger partial charge on any atom is -0.327 e. The van der Waals surface area contributed by atoms with Crippen LogP contribution in [-0.2, 0) is 16.1 Å². The van der Waals surface area contributed by atoms with Crippen molar-refractivity contribution in [1.29, 1.82) is 0 Å². The van der Waals surface area contributed by atoms with Crippen LogP contribution >= 0.6 is 0 Å². The van der Waals surface area contributed by atoms with Gasteiger partial charge in [0, 0.05) is 42.5 Å². The maximum Gasteiger partial charge on any atom is 0.261 e. The van der Waals surface area contributed by atoms with Gasteiger partial charge < -0.3 is 4.57 Å². The van der Waals surface area contributed by atoms with E-state index in [9.17, 15) is 9.59 Å². The number of pyridine rings is 1. The molecular weight excluding hydrogens is 314 g/mol. The number of rotatable bonds is 3. The summed E-state index contributed by atoms with van der Waals surface area (Å²) >= 11 is 0. The Kier molecular flexibility index (Phi) is 3.50. The van der Waals surface area contributed by atoms with E-state index < -0.39 is 0 Å². The van der Waals surface area contributed by atoms with Crippen LogP contribution < -0.4 is 0 Å². The summed E-state index contributed by atoms with van der Waals surface area (Å²) in [7, 11) is 1.52. The van der Waals surface area contributed by atoms with Crippen LogP contribution in [0.15, 0.2) is 60.4 Å². The first kappa shape index (κ1) is 15.3. The lowest BCUT2D eigenvalue weighted by Crippen LogP contribution is -2.26. The molecule has 2 amide bonds. The predicted octanol–water partition coefficient (Wildman–Crippen LogP) is 2.86. The second-order valence-corrected chi connectivity index (χ2v) is 6.20. The molecule has 0 unspecified atom stereocenters. The number of imide groups is 1. The zero-order valence-electron chi connectivity index (χ0n) is 14.1. The van der Waals surface area contributed by atoms with Gasteiger partial charge in [-0.3, -0.25) is 14.5 Å². The second-order valence-electron chi connectivity index (χ2n) is 6.20. The van der Waals surface area contributed by atoms with Gasteiger partial charge in [-0.1, -0.05) is 30.3 Å². The molecule has 3 aromatic rings. The number of hydrogen-bond acceptors (Lipinski definition) is 3. The van der Waals surface area contributed by atoms with E-state index >= 15 is 0 Å². The Morgan fingerprint density at radius 3 is 2.44 bits per heavy atom. The Bertz CT molecular complexity index is 1030. The van der Waals surface area contributed by atoms with Gasteiger partial charge in [-0.15, -0.1) is 0 Å². The van der Waals surface area contributed by atoms with Crippen LogP contribution in [0.25, 0.3) is 16.6 Å². The van der Waals surface area contributed by atoms with Gasteiger partial charge in [0.05, 0.1) is 5.57 Å². The Balaban J connectivity index is 1.89. The molecule has 1 aliphatic rings. The number of fused-ring (bicyclic) bond motifs is 1. The minimum atomic E-state index is -0.259. The third-order valence-corrected chi connectivity index (χ3v) is 4.62. The Morgan fingerprint density at radius 2 is 1.76 bits per heavy atom. The molecule has 0 aliphatic carbocycles. The summed E-state index contributed by atoms with van der Waals surface area (Å²) in [6.07, 6.45) is 3.66. The molecule has 0 saturated carbocycles. The molecule has 0 atom stereocenters. The summed E-state index contributed by atoms with van der Waals surface area (Å²) in [5, 5.41) is 0.879. The molecule has 0 fully saturated rings. The zero-order valence-corrected chi connectivity index (χ0v) is 14.1. The van der Waals surface area contributed by atoms with Gasteiger partial charge in [0.25, 0.3) is 11.8 Å². The molecule has 2 aromatic heterocycles. The number of nitrogens with zero attached hydrogens (tertiary/aromatic N) is 3. The van der Waals surface area contributed by atoms with Crippen LogP contribution in [0.5, 0.6) is 0 Å². The zero-order chi connectivity index (χ0) is 17.6. The molecule has 4 rings (SSSR count). The van der Waals surface area contributed by atoms with Crippen LogP contribution in [0.1, 0.15) is 18.1 Å². The molecule has 5 nitrogen and oxygen atoms in total. The molecule has 0 bridgehead atoms. The quantitative estimate of drug-likeness (QED) is 0.694. The topological polar surface area (TPSA) is 55.2 Å². The molecule has 1 aliphatic heterocycles. The van der Waals surface area contributed by atoms with E-state index in [2.05, 4.69) is 17.1 Å². The summed E-state index contributed by atoms with van der Waals surface area (Å²) in [5.41, 5.74) is 3.66. The van der Waals surface area contributed by atoms with Crippen molar-refractivity contribution in [3.8, 4) is 0 Å². The summed E-state index contributed by atoms with van der Waals surface area (Å²) in [5.74, 6) is -0.502. The Labute approximate surface area is 145 Å². The maximum absolute atomic E-state index is 12.6. The standard InChI is InChI=1S/C20H17N3O2/c1-13-17(20(25)22(2)19(13)24)16-12-23(11-14-7-4-3-5-8-14)18-15(16)9-6-10-21-18/h3-10,12H,11H2,1-2H3. The monoisotopic (exact) mass is 331 g/mol. The molecule has 0 saturated heterocycles. The average Bonchev–Trinajstić information content (AvgIpc) is 3.08. The number of carbonyl (C=O) groups excluding carboxylic acids is 2. The molecule has 124 valence electrons. The van der Waals surface area contributed by atoms with Crippen LogP contribution in [0.4, 0.5) is 0 Å². The molecule has 25 heavy (non-hydrogen) atoms. The maximum atomic E-state index is 12.6. The average molecular weight is 331 g/mol. The van der Waals surface area contributed by atoms with Gasteiger partial charge in [0.15, 0.2) is 0 Å². The van der Waals surface area contributed by atoms with E-state index in [1.54, 1.807) is 13.1 Å². The third-order valence-electron chi connectivity index (χ3n) is 4.62. The molecule has 5 heteroatoms. The van der Waals surface area contributed by atoms with Crippen LogP contribution in [0, 0.1) is 0 Å². The van der Waals surface area contributed by atoms with Crippen molar-refractivity contribution < 1.29 is 9.59 Å². The molecule has 0 radical (unpaired) electrons. The van der Waals surface area contributed by atoms with Crippen molar-refractivity contribution in [2.75, 3.05) is 7.05 Å². The van der Waals surface area contributed by atoms with Gasteiger partial charge in [-0.2, -0.15) is 0 Å². The summed E-state index contributed by atoms with van der Waals surface area (Å²) in [6.45, 7) is 2.36. The minimum absolute atomic E-state index is 0.243. The summed E-state index contributed by atoms with van der Waals surface area (Å²) < 4.78 is 2.02. The number of likely N-dealkylation sites (N-methyl/N-ethyl adjacent to an activating group) is 1. The first-order valence-corrected chi connectivity index (χ1v) is 8.09. The molecule has 3 heterocycles. The fourth-order valence-corrected chi connectivity index (χ4v) is 3.32. The molecular formula is C20H17N3O2. The smallest absolute Gasteiger partial charge is 0.261 e. The van der Waals surface area contributed by atoms with Crippen molar-refractivity contribution in [3.63, 3.8) is 0 Å². The van der Waals surface area contributed by atoms with Crippen molar-refractivity contribution in [3.05, 3.63) is 71.6 Å². The Morgan fingerprint density at radius 1 is 1.00 bits per heavy atom. The number of hydrogen-bond donors (Lipinski definition) is 0. The van der Waals surface area contributed by atoms with Gasteiger partial charge >= 0.3 is 0 Å². The first-order chi connectivity index (χ1) is 12.1. The van der Waals surface area contributed by atoms with E-state index in [0.717, 1.165) is 22.2 Å². The second kappa shape index (κ2) is 5.70. The highest BCUT2D eigenvalue weighted by Gasteiger charge is 2.35. The highest BCUT2D eigenvalue weighted by Crippen LogP contribution is 2.33. The number of amides is 2. The SMILES string of the molecule is CC1=C(c2cn(Cc3ccccc3)c3ncccc23)C(=O)N(C)C1=O. The molecule has 0 N–H and O–H groups in total. The normalized spacial score (nSPS) is 14.9. The number of benzene rings is 1. The van der Waals surface area contributed by atoms with E-state index in [4.69, 9.17) is 0 Å². The first-order valence-electron chi connectivity index (χ1n) is 8.09. The van der Waals surface area contributed by atoms with Crippen molar-refractivity contribution in [2.45, 2.75) is 13.5 Å². The van der Waals surface area contributed by atoms with Crippen molar-refractivity contribution in [2.24, 2.45) is 0 Å². The third kappa shape index (κ3) is 2.36. The van der Waals surface area contributed by atoms with E-state index in [0.29, 0.717) is 17.7 Å². The van der Waals surface area contributed by atoms with E-state index in [1.807, 2.05) is 41.1 Å². The van der Waals surface area contributed by atoms with Crippen molar-refractivity contribution >= 4 is 28.4 Å². The number of carbonyl (C=O) groups is 2. The van der Waals surface area contributed by atoms with Gasteiger partial charge in [0.1, 0.15) is 5.65 Å². The highest BCUT2D eigenvalue weighted by atomic mass is 16.2. The molecule has 1 aromatic carbocycles. The highest BCUT2D eigenvalue weighted by molar-refractivity contribution is 6.36. The fraction of sp³-hybridized carbons (Fsp3) is 0.150. The largest absolute Gasteiger partial charge is 0.327 e. The van der Waals surface area contributed by atoms with Crippen LogP contribution in [-0.4, -0.2) is 33.3 Å². The van der Waals surface area contributed by atoms with E-state index in [-0.39, 0.29) is 11.8 Å². The Hall–Kier alpha value is -3.21. The fourth-order valence-electron chi connectivity index (χ4n) is 3.32. The van der Waals surface area contributed by atoms with Gasteiger partial charge in [-0.25, -0.2) is 4.98 Å². The van der Waals surface area contributed by atoms with Gasteiger partial charge in [0.2, 0.25) is 0 Å². The van der Waals surface area contributed by atoms with Crippen molar-refractivity contribution in [1.82, 2.24) is 14.5 Å². The summed E-state index contributed by atoms with van der Waals surface area (Å²) in [6, 6.07) is 13.9.